The zero-order valence-corrected chi connectivity index (χ0v) is 7.16. The molecule has 0 nitrogen and oxygen atoms in total. The van der Waals surface area contributed by atoms with Gasteiger partial charge in [0.05, 0.1) is 5.92 Å². The number of halogens is 3. The van der Waals surface area contributed by atoms with Gasteiger partial charge in [-0.05, 0) is 12.8 Å². The summed E-state index contributed by atoms with van der Waals surface area (Å²) in [4.78, 5) is 0. The molecule has 0 saturated heterocycles. The Morgan fingerprint density at radius 1 is 0.917 bits per heavy atom. The van der Waals surface area contributed by atoms with E-state index in [-0.39, 0.29) is 0 Å². The molecule has 0 N–H and O–H groups in total. The summed E-state index contributed by atoms with van der Waals surface area (Å²) in [6, 6.07) is 0. The molecular formula is C9H15F3. The molecule has 0 aromatic rings. The van der Waals surface area contributed by atoms with Gasteiger partial charge >= 0.3 is 6.18 Å². The van der Waals surface area contributed by atoms with E-state index < -0.39 is 12.1 Å². The monoisotopic (exact) mass is 180 g/mol. The first-order chi connectivity index (χ1) is 5.61. The van der Waals surface area contributed by atoms with Crippen molar-refractivity contribution in [2.24, 2.45) is 5.92 Å². The predicted molar refractivity (Wildman–Crippen MR) is 43.9 cm³/mol. The summed E-state index contributed by atoms with van der Waals surface area (Å²) in [5.74, 6) is -0.999. The van der Waals surface area contributed by atoms with Gasteiger partial charge in [-0.15, -0.1) is 13.2 Å². The van der Waals surface area contributed by atoms with Gasteiger partial charge in [-0.1, -0.05) is 19.3 Å². The van der Waals surface area contributed by atoms with E-state index in [2.05, 4.69) is 13.2 Å². The van der Waals surface area contributed by atoms with Crippen LogP contribution < -0.4 is 0 Å². The molecule has 0 heterocycles. The lowest BCUT2D eigenvalue weighted by Crippen LogP contribution is -2.24. The van der Waals surface area contributed by atoms with Gasteiger partial charge in [0.25, 0.3) is 0 Å². The largest absolute Gasteiger partial charge is 0.391 e. The second-order valence-electron chi connectivity index (χ2n) is 2.88. The van der Waals surface area contributed by atoms with E-state index in [1.54, 1.807) is 0 Å². The van der Waals surface area contributed by atoms with Crippen molar-refractivity contribution in [1.29, 1.82) is 0 Å². The van der Waals surface area contributed by atoms with Crippen molar-refractivity contribution in [3.05, 3.63) is 13.2 Å². The predicted octanol–water partition coefficient (Wildman–Crippen LogP) is 3.93. The third-order valence-electron chi connectivity index (χ3n) is 2.07. The highest BCUT2D eigenvalue weighted by Gasteiger charge is 2.39. The molecule has 72 valence electrons. The number of alkyl halides is 3. The summed E-state index contributed by atoms with van der Waals surface area (Å²) in [6.45, 7) is 6.00. The van der Waals surface area contributed by atoms with Crippen LogP contribution in [0.4, 0.5) is 13.2 Å². The zero-order valence-electron chi connectivity index (χ0n) is 7.16. The van der Waals surface area contributed by atoms with Gasteiger partial charge in [0.1, 0.15) is 0 Å². The molecule has 0 atom stereocenters. The van der Waals surface area contributed by atoms with Gasteiger partial charge in [-0.2, -0.15) is 13.2 Å². The summed E-state index contributed by atoms with van der Waals surface area (Å²) in [7, 11) is 0. The summed E-state index contributed by atoms with van der Waals surface area (Å²) < 4.78 is 35.8. The lowest BCUT2D eigenvalue weighted by Gasteiger charge is -2.23. The van der Waals surface area contributed by atoms with Crippen LogP contribution in [0.3, 0.4) is 0 Å². The van der Waals surface area contributed by atoms with E-state index in [9.17, 15) is 13.2 Å². The molecule has 0 amide bonds. The molecular weight excluding hydrogens is 165 g/mol. The molecule has 1 fully saturated rings. The van der Waals surface area contributed by atoms with Crippen molar-refractivity contribution in [2.45, 2.75) is 38.3 Å². The second kappa shape index (κ2) is 5.22. The number of hydrogen-bond acceptors (Lipinski definition) is 0. The number of hydrogen-bond donors (Lipinski definition) is 0. The van der Waals surface area contributed by atoms with E-state index >= 15 is 0 Å². The first-order valence-electron chi connectivity index (χ1n) is 4.17. The van der Waals surface area contributed by atoms with Crippen LogP contribution in [0.2, 0.25) is 0 Å². The third kappa shape index (κ3) is 3.79. The van der Waals surface area contributed by atoms with Crippen LogP contribution in [0.1, 0.15) is 32.1 Å². The zero-order chi connectivity index (χ0) is 9.61. The SMILES string of the molecule is C=C.FC(F)(F)C1CCCCC1. The minimum Gasteiger partial charge on any atom is -0.171 e. The van der Waals surface area contributed by atoms with Crippen molar-refractivity contribution in [3.63, 3.8) is 0 Å². The molecule has 1 aliphatic rings. The molecule has 0 bridgehead atoms. The first kappa shape index (κ1) is 11.5. The lowest BCUT2D eigenvalue weighted by molar-refractivity contribution is -0.181. The van der Waals surface area contributed by atoms with Gasteiger partial charge in [-0.25, -0.2) is 0 Å². The standard InChI is InChI=1S/C7H11F3.C2H4/c8-7(9,10)6-4-2-1-3-5-6;1-2/h6H,1-5H2;1-2H2. The van der Waals surface area contributed by atoms with E-state index in [1.165, 1.54) is 0 Å². The van der Waals surface area contributed by atoms with Crippen LogP contribution in [-0.4, -0.2) is 6.18 Å². The average molecular weight is 180 g/mol. The van der Waals surface area contributed by atoms with Gasteiger partial charge in [0.15, 0.2) is 0 Å². The minimum atomic E-state index is -3.93. The highest BCUT2D eigenvalue weighted by molar-refractivity contribution is 4.71. The quantitative estimate of drug-likeness (QED) is 0.495. The highest BCUT2D eigenvalue weighted by atomic mass is 19.4. The molecule has 0 aromatic heterocycles. The van der Waals surface area contributed by atoms with E-state index in [0.717, 1.165) is 19.3 Å². The Hall–Kier alpha value is -0.470. The maximum Gasteiger partial charge on any atom is 0.391 e. The molecule has 1 aliphatic carbocycles. The van der Waals surface area contributed by atoms with Gasteiger partial charge < -0.3 is 0 Å². The first-order valence-corrected chi connectivity index (χ1v) is 4.17. The highest BCUT2D eigenvalue weighted by Crippen LogP contribution is 2.37. The lowest BCUT2D eigenvalue weighted by atomic mass is 9.89. The topological polar surface area (TPSA) is 0 Å². The maximum atomic E-state index is 11.9. The Kier molecular flexibility index (Phi) is 5.02. The molecule has 0 spiro atoms. The molecule has 0 aromatic carbocycles. The molecule has 0 unspecified atom stereocenters. The van der Waals surface area contributed by atoms with Crippen molar-refractivity contribution in [3.8, 4) is 0 Å². The van der Waals surface area contributed by atoms with Crippen LogP contribution in [-0.2, 0) is 0 Å². The molecule has 1 rings (SSSR count). The number of rotatable bonds is 0. The van der Waals surface area contributed by atoms with Crippen molar-refractivity contribution in [2.75, 3.05) is 0 Å². The Morgan fingerprint density at radius 2 is 1.33 bits per heavy atom. The van der Waals surface area contributed by atoms with Gasteiger partial charge in [0.2, 0.25) is 0 Å². The fourth-order valence-corrected chi connectivity index (χ4v) is 1.43. The molecule has 0 aliphatic heterocycles. The fraction of sp³-hybridized carbons (Fsp3) is 0.778. The summed E-state index contributed by atoms with van der Waals surface area (Å²) in [6.07, 6.45) is -0.742. The summed E-state index contributed by atoms with van der Waals surface area (Å²) in [5, 5.41) is 0. The van der Waals surface area contributed by atoms with Gasteiger partial charge in [-0.3, -0.25) is 0 Å². The Balaban J connectivity index is 0.000000561. The van der Waals surface area contributed by atoms with E-state index in [4.69, 9.17) is 0 Å². The summed E-state index contributed by atoms with van der Waals surface area (Å²) in [5.41, 5.74) is 0. The van der Waals surface area contributed by atoms with E-state index in [0.29, 0.717) is 12.8 Å². The van der Waals surface area contributed by atoms with Crippen molar-refractivity contribution < 1.29 is 13.2 Å². The van der Waals surface area contributed by atoms with Crippen LogP contribution in [0.15, 0.2) is 13.2 Å². The minimum absolute atomic E-state index is 0.351. The smallest absolute Gasteiger partial charge is 0.171 e. The Bertz CT molecular complexity index is 111. The third-order valence-corrected chi connectivity index (χ3v) is 2.07. The summed E-state index contributed by atoms with van der Waals surface area (Å²) >= 11 is 0. The molecule has 0 radical (unpaired) electrons. The van der Waals surface area contributed by atoms with Gasteiger partial charge in [0, 0.05) is 0 Å². The van der Waals surface area contributed by atoms with Crippen LogP contribution in [0.5, 0.6) is 0 Å². The van der Waals surface area contributed by atoms with Crippen molar-refractivity contribution in [1.82, 2.24) is 0 Å². The van der Waals surface area contributed by atoms with Crippen LogP contribution in [0.25, 0.3) is 0 Å². The Labute approximate surface area is 71.5 Å². The van der Waals surface area contributed by atoms with E-state index in [1.807, 2.05) is 0 Å². The van der Waals surface area contributed by atoms with Crippen LogP contribution >= 0.6 is 0 Å². The van der Waals surface area contributed by atoms with Crippen molar-refractivity contribution >= 4 is 0 Å². The fourth-order valence-electron chi connectivity index (χ4n) is 1.43. The average Bonchev–Trinajstić information content (AvgIpc) is 2.08. The van der Waals surface area contributed by atoms with Crippen LogP contribution in [0, 0.1) is 5.92 Å². The normalized spacial score (nSPS) is 19.6. The Morgan fingerprint density at radius 3 is 1.58 bits per heavy atom. The molecule has 12 heavy (non-hydrogen) atoms. The molecule has 1 saturated carbocycles. The second-order valence-corrected chi connectivity index (χ2v) is 2.88. The molecule has 3 heteroatoms. The maximum absolute atomic E-state index is 11.9.